The first-order chi connectivity index (χ1) is 6.37. The number of rotatable bonds is 2. The summed E-state index contributed by atoms with van der Waals surface area (Å²) in [5.74, 6) is 0. The van der Waals surface area contributed by atoms with Crippen molar-refractivity contribution in [2.24, 2.45) is 0 Å². The van der Waals surface area contributed by atoms with Gasteiger partial charge in [-0.05, 0) is 51.0 Å². The Bertz CT molecular complexity index is 292. The van der Waals surface area contributed by atoms with Gasteiger partial charge in [-0.1, -0.05) is 22.0 Å². The Morgan fingerprint density at radius 1 is 1.21 bits per heavy atom. The van der Waals surface area contributed by atoms with Crippen molar-refractivity contribution in [1.29, 1.82) is 0 Å². The number of halogens is 1. The SMILES string of the molecule is Cc1cc(Br)cc(COC(C)(C)C)c1. The van der Waals surface area contributed by atoms with Gasteiger partial charge in [0.25, 0.3) is 0 Å². The first-order valence-corrected chi connectivity index (χ1v) is 5.56. The summed E-state index contributed by atoms with van der Waals surface area (Å²) < 4.78 is 6.82. The molecule has 2 heteroatoms. The standard InChI is InChI=1S/C12H17BrO/c1-9-5-10(7-11(13)6-9)8-14-12(2,3)4/h5-7H,8H2,1-4H3. The maximum atomic E-state index is 5.70. The van der Waals surface area contributed by atoms with Crippen molar-refractivity contribution in [3.8, 4) is 0 Å². The molecule has 0 spiro atoms. The van der Waals surface area contributed by atoms with Crippen LogP contribution in [0.4, 0.5) is 0 Å². The predicted molar refractivity (Wildman–Crippen MR) is 63.4 cm³/mol. The Morgan fingerprint density at radius 3 is 2.36 bits per heavy atom. The number of hydrogen-bond acceptors (Lipinski definition) is 1. The average molecular weight is 257 g/mol. The van der Waals surface area contributed by atoms with Gasteiger partial charge in [0.15, 0.2) is 0 Å². The van der Waals surface area contributed by atoms with Crippen LogP contribution in [0, 0.1) is 6.92 Å². The van der Waals surface area contributed by atoms with E-state index in [0.717, 1.165) is 4.47 Å². The van der Waals surface area contributed by atoms with Crippen molar-refractivity contribution in [3.63, 3.8) is 0 Å². The van der Waals surface area contributed by atoms with Crippen LogP contribution in [0.15, 0.2) is 22.7 Å². The van der Waals surface area contributed by atoms with Crippen LogP contribution in [0.2, 0.25) is 0 Å². The van der Waals surface area contributed by atoms with Gasteiger partial charge in [-0.2, -0.15) is 0 Å². The largest absolute Gasteiger partial charge is 0.371 e. The molecule has 0 heterocycles. The fraction of sp³-hybridized carbons (Fsp3) is 0.500. The van der Waals surface area contributed by atoms with Crippen LogP contribution < -0.4 is 0 Å². The topological polar surface area (TPSA) is 9.23 Å². The first-order valence-electron chi connectivity index (χ1n) is 4.77. The Kier molecular flexibility index (Phi) is 3.73. The summed E-state index contributed by atoms with van der Waals surface area (Å²) >= 11 is 3.48. The minimum absolute atomic E-state index is 0.0732. The van der Waals surface area contributed by atoms with E-state index in [2.05, 4.69) is 61.8 Å². The molecule has 0 unspecified atom stereocenters. The fourth-order valence-corrected chi connectivity index (χ4v) is 1.85. The van der Waals surface area contributed by atoms with Gasteiger partial charge in [-0.15, -0.1) is 0 Å². The van der Waals surface area contributed by atoms with E-state index >= 15 is 0 Å². The minimum Gasteiger partial charge on any atom is -0.371 e. The van der Waals surface area contributed by atoms with E-state index in [9.17, 15) is 0 Å². The van der Waals surface area contributed by atoms with Crippen molar-refractivity contribution in [2.45, 2.75) is 39.9 Å². The summed E-state index contributed by atoms with van der Waals surface area (Å²) in [5.41, 5.74) is 2.40. The highest BCUT2D eigenvalue weighted by atomic mass is 79.9. The van der Waals surface area contributed by atoms with Crippen LogP contribution in [0.1, 0.15) is 31.9 Å². The Morgan fingerprint density at radius 2 is 1.86 bits per heavy atom. The molecule has 0 aliphatic rings. The highest BCUT2D eigenvalue weighted by molar-refractivity contribution is 9.10. The van der Waals surface area contributed by atoms with Crippen molar-refractivity contribution in [1.82, 2.24) is 0 Å². The molecule has 0 radical (unpaired) electrons. The number of aryl methyl sites for hydroxylation is 1. The monoisotopic (exact) mass is 256 g/mol. The zero-order valence-corrected chi connectivity index (χ0v) is 10.8. The van der Waals surface area contributed by atoms with Gasteiger partial charge < -0.3 is 4.74 Å². The van der Waals surface area contributed by atoms with Gasteiger partial charge >= 0.3 is 0 Å². The maximum absolute atomic E-state index is 5.70. The third kappa shape index (κ3) is 4.25. The van der Waals surface area contributed by atoms with Gasteiger partial charge in [0.2, 0.25) is 0 Å². The third-order valence-corrected chi connectivity index (χ3v) is 2.23. The van der Waals surface area contributed by atoms with Gasteiger partial charge in [0, 0.05) is 4.47 Å². The van der Waals surface area contributed by atoms with E-state index in [4.69, 9.17) is 4.74 Å². The Hall–Kier alpha value is -0.340. The van der Waals surface area contributed by atoms with E-state index in [0.29, 0.717) is 6.61 Å². The molecule has 0 aliphatic carbocycles. The smallest absolute Gasteiger partial charge is 0.0724 e. The van der Waals surface area contributed by atoms with Crippen molar-refractivity contribution < 1.29 is 4.74 Å². The molecule has 0 aromatic heterocycles. The molecule has 78 valence electrons. The molecular formula is C12H17BrO. The summed E-state index contributed by atoms with van der Waals surface area (Å²) in [7, 11) is 0. The minimum atomic E-state index is -0.0732. The normalized spacial score (nSPS) is 11.8. The lowest BCUT2D eigenvalue weighted by Crippen LogP contribution is -2.18. The molecule has 0 aliphatic heterocycles. The predicted octanol–water partition coefficient (Wildman–Crippen LogP) is 4.07. The fourth-order valence-electron chi connectivity index (χ4n) is 1.20. The van der Waals surface area contributed by atoms with Gasteiger partial charge in [0.1, 0.15) is 0 Å². The second kappa shape index (κ2) is 4.45. The highest BCUT2D eigenvalue weighted by Crippen LogP contribution is 2.18. The molecular weight excluding hydrogens is 240 g/mol. The molecule has 0 saturated carbocycles. The lowest BCUT2D eigenvalue weighted by Gasteiger charge is -2.19. The van der Waals surface area contributed by atoms with E-state index < -0.39 is 0 Å². The lowest BCUT2D eigenvalue weighted by molar-refractivity contribution is -0.0149. The molecule has 1 aromatic carbocycles. The molecule has 0 bridgehead atoms. The van der Waals surface area contributed by atoms with Gasteiger partial charge in [-0.25, -0.2) is 0 Å². The van der Waals surface area contributed by atoms with Crippen molar-refractivity contribution in [2.75, 3.05) is 0 Å². The quantitative estimate of drug-likeness (QED) is 0.775. The molecule has 1 aromatic rings. The van der Waals surface area contributed by atoms with Crippen molar-refractivity contribution >= 4 is 15.9 Å². The average Bonchev–Trinajstić information content (AvgIpc) is 1.97. The molecule has 0 amide bonds. The zero-order chi connectivity index (χ0) is 10.8. The third-order valence-electron chi connectivity index (χ3n) is 1.77. The van der Waals surface area contributed by atoms with E-state index in [-0.39, 0.29) is 5.60 Å². The van der Waals surface area contributed by atoms with Gasteiger partial charge in [0.05, 0.1) is 12.2 Å². The number of hydrogen-bond donors (Lipinski definition) is 0. The maximum Gasteiger partial charge on any atom is 0.0724 e. The van der Waals surface area contributed by atoms with Crippen LogP contribution in [-0.2, 0) is 11.3 Å². The Labute approximate surface area is 94.6 Å². The molecule has 1 rings (SSSR count). The van der Waals surface area contributed by atoms with E-state index in [1.807, 2.05) is 0 Å². The summed E-state index contributed by atoms with van der Waals surface area (Å²) in [6, 6.07) is 6.34. The molecule has 0 fully saturated rings. The van der Waals surface area contributed by atoms with E-state index in [1.165, 1.54) is 11.1 Å². The summed E-state index contributed by atoms with van der Waals surface area (Å²) in [6.45, 7) is 8.96. The van der Waals surface area contributed by atoms with Crippen LogP contribution in [0.5, 0.6) is 0 Å². The summed E-state index contributed by atoms with van der Waals surface area (Å²) in [6.07, 6.45) is 0. The second-order valence-corrected chi connectivity index (χ2v) is 5.45. The lowest BCUT2D eigenvalue weighted by atomic mass is 10.1. The summed E-state index contributed by atoms with van der Waals surface area (Å²) in [5, 5.41) is 0. The number of benzene rings is 1. The Balaban J connectivity index is 2.68. The number of ether oxygens (including phenoxy) is 1. The van der Waals surface area contributed by atoms with E-state index in [1.54, 1.807) is 0 Å². The van der Waals surface area contributed by atoms with Crippen LogP contribution >= 0.6 is 15.9 Å². The molecule has 1 nitrogen and oxygen atoms in total. The van der Waals surface area contributed by atoms with Crippen LogP contribution in [-0.4, -0.2) is 5.60 Å². The molecule has 14 heavy (non-hydrogen) atoms. The summed E-state index contributed by atoms with van der Waals surface area (Å²) in [4.78, 5) is 0. The van der Waals surface area contributed by atoms with Crippen LogP contribution in [0.3, 0.4) is 0 Å². The zero-order valence-electron chi connectivity index (χ0n) is 9.23. The molecule has 0 atom stereocenters. The highest BCUT2D eigenvalue weighted by Gasteiger charge is 2.10. The molecule has 0 N–H and O–H groups in total. The van der Waals surface area contributed by atoms with Crippen molar-refractivity contribution in [3.05, 3.63) is 33.8 Å². The first kappa shape index (κ1) is 11.7. The molecule has 0 saturated heterocycles. The van der Waals surface area contributed by atoms with Gasteiger partial charge in [-0.3, -0.25) is 0 Å². The second-order valence-electron chi connectivity index (χ2n) is 4.54. The van der Waals surface area contributed by atoms with Crippen LogP contribution in [0.25, 0.3) is 0 Å².